The first-order valence-corrected chi connectivity index (χ1v) is 8.62. The minimum Gasteiger partial charge on any atom is -0.370 e. The third-order valence-corrected chi connectivity index (χ3v) is 5.63. The fraction of sp³-hybridized carbons (Fsp3) is 0.643. The van der Waals surface area contributed by atoms with Gasteiger partial charge in [0.25, 0.3) is 0 Å². The van der Waals surface area contributed by atoms with Gasteiger partial charge < -0.3 is 5.32 Å². The molecule has 0 saturated carbocycles. The molecule has 1 aliphatic rings. The highest BCUT2D eigenvalue weighted by Gasteiger charge is 2.36. The molecule has 1 aromatic heterocycles. The zero-order valence-corrected chi connectivity index (χ0v) is 13.2. The van der Waals surface area contributed by atoms with Gasteiger partial charge in [-0.1, -0.05) is 13.8 Å². The Labute approximate surface area is 121 Å². The van der Waals surface area contributed by atoms with Gasteiger partial charge >= 0.3 is 0 Å². The maximum atomic E-state index is 12.8. The van der Waals surface area contributed by atoms with E-state index < -0.39 is 10.0 Å². The molecule has 1 aliphatic heterocycles. The molecule has 5 nitrogen and oxygen atoms in total. The Bertz CT molecular complexity index is 557. The number of anilines is 1. The van der Waals surface area contributed by atoms with Gasteiger partial charge in [0.2, 0.25) is 10.0 Å². The zero-order chi connectivity index (χ0) is 14.8. The monoisotopic (exact) mass is 297 g/mol. The van der Waals surface area contributed by atoms with Gasteiger partial charge in [-0.3, -0.25) is 0 Å². The summed E-state index contributed by atoms with van der Waals surface area (Å²) < 4.78 is 27.2. The fourth-order valence-corrected chi connectivity index (χ4v) is 4.55. The minimum atomic E-state index is -3.42. The van der Waals surface area contributed by atoms with Crippen LogP contribution in [0.2, 0.25) is 0 Å². The van der Waals surface area contributed by atoms with Crippen molar-refractivity contribution in [3.05, 3.63) is 18.3 Å². The topological polar surface area (TPSA) is 62.3 Å². The first-order valence-electron chi connectivity index (χ1n) is 7.18. The van der Waals surface area contributed by atoms with Crippen molar-refractivity contribution in [1.29, 1.82) is 0 Å². The predicted octanol–water partition coefficient (Wildman–Crippen LogP) is 2.32. The van der Waals surface area contributed by atoms with Gasteiger partial charge in [-0.05, 0) is 31.7 Å². The summed E-state index contributed by atoms with van der Waals surface area (Å²) in [6.45, 7) is 7.45. The smallest absolute Gasteiger partial charge is 0.243 e. The summed E-state index contributed by atoms with van der Waals surface area (Å²) in [6.07, 6.45) is 3.43. The fourth-order valence-electron chi connectivity index (χ4n) is 2.72. The van der Waals surface area contributed by atoms with E-state index in [0.717, 1.165) is 19.4 Å². The number of hydrogen-bond acceptors (Lipinski definition) is 4. The molecule has 0 spiro atoms. The second-order valence-corrected chi connectivity index (χ2v) is 7.37. The second-order valence-electron chi connectivity index (χ2n) is 5.48. The van der Waals surface area contributed by atoms with Crippen molar-refractivity contribution in [1.82, 2.24) is 9.29 Å². The van der Waals surface area contributed by atoms with Crippen LogP contribution in [-0.4, -0.2) is 36.8 Å². The Kier molecular flexibility index (Phi) is 4.65. The van der Waals surface area contributed by atoms with E-state index in [1.807, 2.05) is 6.92 Å². The molecule has 1 N–H and O–H groups in total. The van der Waals surface area contributed by atoms with Crippen molar-refractivity contribution in [3.63, 3.8) is 0 Å². The summed E-state index contributed by atoms with van der Waals surface area (Å²) in [7, 11) is -3.42. The van der Waals surface area contributed by atoms with E-state index in [4.69, 9.17) is 0 Å². The summed E-state index contributed by atoms with van der Waals surface area (Å²) >= 11 is 0. The first-order chi connectivity index (χ1) is 9.46. The SMILES string of the molecule is CCNc1cc(S(=O)(=O)N2CCCC2C(C)C)ccn1. The van der Waals surface area contributed by atoms with Crippen molar-refractivity contribution in [2.75, 3.05) is 18.4 Å². The molecular formula is C14H23N3O2S. The van der Waals surface area contributed by atoms with Crippen LogP contribution in [0.3, 0.4) is 0 Å². The zero-order valence-electron chi connectivity index (χ0n) is 12.3. The molecule has 0 aromatic carbocycles. The van der Waals surface area contributed by atoms with Crippen LogP contribution in [0.5, 0.6) is 0 Å². The second kappa shape index (κ2) is 6.10. The average Bonchev–Trinajstić information content (AvgIpc) is 2.89. The highest BCUT2D eigenvalue weighted by molar-refractivity contribution is 7.89. The number of hydrogen-bond donors (Lipinski definition) is 1. The molecule has 0 aliphatic carbocycles. The van der Waals surface area contributed by atoms with Crippen molar-refractivity contribution >= 4 is 15.8 Å². The normalized spacial score (nSPS) is 20.5. The molecule has 1 fully saturated rings. The van der Waals surface area contributed by atoms with Crippen LogP contribution < -0.4 is 5.32 Å². The van der Waals surface area contributed by atoms with Crippen LogP contribution in [0.1, 0.15) is 33.6 Å². The van der Waals surface area contributed by atoms with Crippen LogP contribution in [0, 0.1) is 5.92 Å². The lowest BCUT2D eigenvalue weighted by molar-refractivity contribution is 0.316. The molecule has 2 heterocycles. The molecule has 2 rings (SSSR count). The maximum Gasteiger partial charge on any atom is 0.243 e. The van der Waals surface area contributed by atoms with Gasteiger partial charge in [0.1, 0.15) is 5.82 Å². The highest BCUT2D eigenvalue weighted by atomic mass is 32.2. The number of pyridine rings is 1. The van der Waals surface area contributed by atoms with Crippen LogP contribution in [0.25, 0.3) is 0 Å². The molecule has 20 heavy (non-hydrogen) atoms. The first kappa shape index (κ1) is 15.3. The summed E-state index contributed by atoms with van der Waals surface area (Å²) in [5, 5.41) is 3.05. The molecule has 6 heteroatoms. The average molecular weight is 297 g/mol. The standard InChI is InChI=1S/C14H23N3O2S/c1-4-15-14-10-12(7-8-16-14)20(18,19)17-9-5-6-13(17)11(2)3/h7-8,10-11,13H,4-6,9H2,1-3H3,(H,15,16). The predicted molar refractivity (Wildman–Crippen MR) is 80.2 cm³/mol. The highest BCUT2D eigenvalue weighted by Crippen LogP contribution is 2.30. The summed E-state index contributed by atoms with van der Waals surface area (Å²) in [4.78, 5) is 4.46. The quantitative estimate of drug-likeness (QED) is 0.906. The summed E-state index contributed by atoms with van der Waals surface area (Å²) in [5.74, 6) is 0.941. The third-order valence-electron chi connectivity index (χ3n) is 3.71. The Morgan fingerprint density at radius 1 is 1.50 bits per heavy atom. The van der Waals surface area contributed by atoms with E-state index in [2.05, 4.69) is 24.1 Å². The molecule has 1 unspecified atom stereocenters. The lowest BCUT2D eigenvalue weighted by atomic mass is 10.0. The van der Waals surface area contributed by atoms with Gasteiger partial charge in [-0.15, -0.1) is 0 Å². The van der Waals surface area contributed by atoms with E-state index in [-0.39, 0.29) is 6.04 Å². The molecule has 0 amide bonds. The van der Waals surface area contributed by atoms with Crippen LogP contribution in [0.4, 0.5) is 5.82 Å². The molecule has 1 atom stereocenters. The Morgan fingerprint density at radius 3 is 2.90 bits per heavy atom. The van der Waals surface area contributed by atoms with Crippen LogP contribution in [0.15, 0.2) is 23.2 Å². The van der Waals surface area contributed by atoms with E-state index in [1.165, 1.54) is 0 Å². The molecule has 1 saturated heterocycles. The molecule has 112 valence electrons. The number of rotatable bonds is 5. The van der Waals surface area contributed by atoms with Gasteiger partial charge in [-0.2, -0.15) is 4.31 Å². The molecule has 0 bridgehead atoms. The Balaban J connectivity index is 2.32. The van der Waals surface area contributed by atoms with Gasteiger partial charge in [0.05, 0.1) is 4.90 Å². The van der Waals surface area contributed by atoms with E-state index in [1.54, 1.807) is 22.6 Å². The largest absolute Gasteiger partial charge is 0.370 e. The number of nitrogens with zero attached hydrogens (tertiary/aromatic N) is 2. The lowest BCUT2D eigenvalue weighted by Gasteiger charge is -2.27. The van der Waals surface area contributed by atoms with E-state index in [0.29, 0.717) is 23.2 Å². The van der Waals surface area contributed by atoms with E-state index >= 15 is 0 Å². The summed E-state index contributed by atoms with van der Waals surface area (Å²) in [6, 6.07) is 3.30. The van der Waals surface area contributed by atoms with Crippen molar-refractivity contribution in [2.45, 2.75) is 44.6 Å². The van der Waals surface area contributed by atoms with Crippen molar-refractivity contribution in [3.8, 4) is 0 Å². The Morgan fingerprint density at radius 2 is 2.25 bits per heavy atom. The molecule has 1 aromatic rings. The van der Waals surface area contributed by atoms with Crippen molar-refractivity contribution < 1.29 is 8.42 Å². The van der Waals surface area contributed by atoms with Crippen LogP contribution >= 0.6 is 0 Å². The number of nitrogens with one attached hydrogen (secondary N) is 1. The maximum absolute atomic E-state index is 12.8. The molecular weight excluding hydrogens is 274 g/mol. The third kappa shape index (κ3) is 2.96. The summed E-state index contributed by atoms with van der Waals surface area (Å²) in [5.41, 5.74) is 0. The van der Waals surface area contributed by atoms with Crippen molar-refractivity contribution in [2.24, 2.45) is 5.92 Å². The Hall–Kier alpha value is -1.14. The van der Waals surface area contributed by atoms with E-state index in [9.17, 15) is 8.42 Å². The van der Waals surface area contributed by atoms with Gasteiger partial charge in [0, 0.05) is 31.4 Å². The van der Waals surface area contributed by atoms with Gasteiger partial charge in [-0.25, -0.2) is 13.4 Å². The number of aromatic nitrogens is 1. The van der Waals surface area contributed by atoms with Gasteiger partial charge in [0.15, 0.2) is 0 Å². The molecule has 0 radical (unpaired) electrons. The number of sulfonamides is 1. The van der Waals surface area contributed by atoms with Crippen LogP contribution in [-0.2, 0) is 10.0 Å². The lowest BCUT2D eigenvalue weighted by Crippen LogP contribution is -2.38. The minimum absolute atomic E-state index is 0.107.